The lowest BCUT2D eigenvalue weighted by Crippen LogP contribution is -2.18. The third kappa shape index (κ3) is 3.31. The fourth-order valence-corrected chi connectivity index (χ4v) is 2.34. The van der Waals surface area contributed by atoms with E-state index in [1.54, 1.807) is 19.4 Å². The largest absolute Gasteiger partial charge is 0.481 e. The number of nitrogens with one attached hydrogen (secondary N) is 1. The van der Waals surface area contributed by atoms with E-state index < -0.39 is 0 Å². The first-order chi connectivity index (χ1) is 9.13. The Hall–Kier alpha value is -1.44. The van der Waals surface area contributed by atoms with Crippen molar-refractivity contribution < 1.29 is 4.74 Å². The van der Waals surface area contributed by atoms with Gasteiger partial charge in [-0.3, -0.25) is 4.79 Å². The number of aromatic amines is 1. The van der Waals surface area contributed by atoms with Crippen molar-refractivity contribution in [2.24, 2.45) is 0 Å². The predicted octanol–water partition coefficient (Wildman–Crippen LogP) is 1.93. The monoisotopic (exact) mass is 371 g/mol. The zero-order valence-corrected chi connectivity index (χ0v) is 12.9. The quantitative estimate of drug-likeness (QED) is 0.835. The number of methoxy groups -OCH3 is 1. The van der Waals surface area contributed by atoms with E-state index in [1.165, 1.54) is 0 Å². The molecule has 100 valence electrons. The lowest BCUT2D eigenvalue weighted by atomic mass is 10.2. The van der Waals surface area contributed by atoms with Crippen molar-refractivity contribution in [1.82, 2.24) is 15.0 Å². The van der Waals surface area contributed by atoms with Crippen molar-refractivity contribution in [3.63, 3.8) is 0 Å². The van der Waals surface area contributed by atoms with Crippen molar-refractivity contribution in [3.8, 4) is 5.88 Å². The van der Waals surface area contributed by atoms with Crippen LogP contribution in [0.1, 0.15) is 24.0 Å². The third-order valence-corrected chi connectivity index (χ3v) is 3.81. The summed E-state index contributed by atoms with van der Waals surface area (Å²) < 4.78 is 5.67. The topological polar surface area (TPSA) is 67.9 Å². The fourth-order valence-electron chi connectivity index (χ4n) is 1.70. The molecule has 0 saturated carbocycles. The molecule has 0 bridgehead atoms. The minimum Gasteiger partial charge on any atom is -0.481 e. The van der Waals surface area contributed by atoms with E-state index in [9.17, 15) is 4.79 Å². The zero-order valence-electron chi connectivity index (χ0n) is 10.7. The molecule has 0 radical (unpaired) electrons. The maximum atomic E-state index is 11.8. The SMILES string of the molecule is CCc1nc(Cc2ccc(OC)nc2)[nH]c(=O)c1I. The Labute approximate surface area is 124 Å². The summed E-state index contributed by atoms with van der Waals surface area (Å²) in [6.07, 6.45) is 3.02. The molecule has 2 rings (SSSR count). The molecule has 0 aromatic carbocycles. The van der Waals surface area contributed by atoms with Crippen molar-refractivity contribution in [3.05, 3.63) is 49.3 Å². The molecule has 0 fully saturated rings. The number of halogens is 1. The molecule has 0 spiro atoms. The van der Waals surface area contributed by atoms with Gasteiger partial charge in [-0.1, -0.05) is 13.0 Å². The van der Waals surface area contributed by atoms with Crippen LogP contribution in [-0.2, 0) is 12.8 Å². The standard InChI is InChI=1S/C13H14IN3O2/c1-3-9-12(14)13(18)17-10(16-9)6-8-4-5-11(19-2)15-7-8/h4-5,7H,3,6H2,1-2H3,(H,16,17,18). The molecular weight excluding hydrogens is 357 g/mol. The number of aryl methyl sites for hydroxylation is 1. The van der Waals surface area contributed by atoms with Crippen LogP contribution in [0.3, 0.4) is 0 Å². The molecule has 19 heavy (non-hydrogen) atoms. The number of hydrogen-bond donors (Lipinski definition) is 1. The van der Waals surface area contributed by atoms with Gasteiger partial charge in [0.15, 0.2) is 0 Å². The minimum absolute atomic E-state index is 0.0797. The summed E-state index contributed by atoms with van der Waals surface area (Å²) in [5, 5.41) is 0. The Morgan fingerprint density at radius 3 is 2.79 bits per heavy atom. The molecular formula is C13H14IN3O2. The van der Waals surface area contributed by atoms with Gasteiger partial charge >= 0.3 is 0 Å². The Balaban J connectivity index is 2.27. The number of ether oxygens (including phenoxy) is 1. The van der Waals surface area contributed by atoms with Crippen LogP contribution in [0.4, 0.5) is 0 Å². The van der Waals surface area contributed by atoms with Crippen molar-refractivity contribution >= 4 is 22.6 Å². The molecule has 0 aliphatic heterocycles. The van der Waals surface area contributed by atoms with Crippen molar-refractivity contribution in [1.29, 1.82) is 0 Å². The molecule has 1 N–H and O–H groups in total. The van der Waals surface area contributed by atoms with Gasteiger partial charge in [0, 0.05) is 18.7 Å². The number of nitrogens with zero attached hydrogens (tertiary/aromatic N) is 2. The molecule has 6 heteroatoms. The molecule has 0 aliphatic rings. The molecule has 5 nitrogen and oxygen atoms in total. The molecule has 0 atom stereocenters. The summed E-state index contributed by atoms with van der Waals surface area (Å²) in [6, 6.07) is 3.70. The number of rotatable bonds is 4. The maximum Gasteiger partial charge on any atom is 0.264 e. The van der Waals surface area contributed by atoms with Gasteiger partial charge in [-0.15, -0.1) is 0 Å². The van der Waals surface area contributed by atoms with Gasteiger partial charge in [0.05, 0.1) is 16.4 Å². The van der Waals surface area contributed by atoms with Gasteiger partial charge in [-0.05, 0) is 34.6 Å². The lowest BCUT2D eigenvalue weighted by molar-refractivity contribution is 0.397. The molecule has 0 aliphatic carbocycles. The van der Waals surface area contributed by atoms with Crippen LogP contribution < -0.4 is 10.3 Å². The summed E-state index contributed by atoms with van der Waals surface area (Å²) in [6.45, 7) is 1.99. The van der Waals surface area contributed by atoms with Crippen LogP contribution in [0.2, 0.25) is 0 Å². The Morgan fingerprint density at radius 1 is 1.42 bits per heavy atom. The first kappa shape index (κ1) is 14.0. The highest BCUT2D eigenvalue weighted by atomic mass is 127. The van der Waals surface area contributed by atoms with Crippen LogP contribution in [0, 0.1) is 3.57 Å². The summed E-state index contributed by atoms with van der Waals surface area (Å²) in [5.41, 5.74) is 1.73. The van der Waals surface area contributed by atoms with Crippen molar-refractivity contribution in [2.45, 2.75) is 19.8 Å². The molecule has 0 amide bonds. The normalized spacial score (nSPS) is 10.5. The highest BCUT2D eigenvalue weighted by molar-refractivity contribution is 14.1. The number of pyridine rings is 1. The number of aromatic nitrogens is 3. The maximum absolute atomic E-state index is 11.8. The second-order valence-corrected chi connectivity index (χ2v) is 5.09. The Kier molecular flexibility index (Phi) is 4.52. The number of H-pyrrole nitrogens is 1. The van der Waals surface area contributed by atoms with Gasteiger partial charge in [0.1, 0.15) is 5.82 Å². The van der Waals surface area contributed by atoms with Crippen LogP contribution in [0.15, 0.2) is 23.1 Å². The average molecular weight is 371 g/mol. The minimum atomic E-state index is -0.0797. The summed E-state index contributed by atoms with van der Waals surface area (Å²) in [5.74, 6) is 1.23. The summed E-state index contributed by atoms with van der Waals surface area (Å²) in [7, 11) is 1.58. The van der Waals surface area contributed by atoms with Crippen molar-refractivity contribution in [2.75, 3.05) is 7.11 Å². The van der Waals surface area contributed by atoms with E-state index in [1.807, 2.05) is 35.6 Å². The first-order valence-corrected chi connectivity index (χ1v) is 6.98. The molecule has 2 aromatic rings. The second kappa shape index (κ2) is 6.14. The van der Waals surface area contributed by atoms with Crippen LogP contribution in [0.5, 0.6) is 5.88 Å². The Bertz CT molecular complexity index is 623. The zero-order chi connectivity index (χ0) is 13.8. The molecule has 0 saturated heterocycles. The van der Waals surface area contributed by atoms with Crippen LogP contribution >= 0.6 is 22.6 Å². The molecule has 2 aromatic heterocycles. The van der Waals surface area contributed by atoms with Gasteiger partial charge in [-0.2, -0.15) is 0 Å². The summed E-state index contributed by atoms with van der Waals surface area (Å²) >= 11 is 2.03. The van der Waals surface area contributed by atoms with Crippen LogP contribution in [0.25, 0.3) is 0 Å². The highest BCUT2D eigenvalue weighted by Gasteiger charge is 2.08. The molecule has 0 unspecified atom stereocenters. The van der Waals surface area contributed by atoms with E-state index in [0.717, 1.165) is 17.7 Å². The highest BCUT2D eigenvalue weighted by Crippen LogP contribution is 2.11. The summed E-state index contributed by atoms with van der Waals surface area (Å²) in [4.78, 5) is 23.2. The van der Waals surface area contributed by atoms with E-state index in [4.69, 9.17) is 4.74 Å². The van der Waals surface area contributed by atoms with Crippen LogP contribution in [-0.4, -0.2) is 22.1 Å². The fraction of sp³-hybridized carbons (Fsp3) is 0.308. The Morgan fingerprint density at radius 2 is 2.21 bits per heavy atom. The average Bonchev–Trinajstić information content (AvgIpc) is 2.43. The lowest BCUT2D eigenvalue weighted by Gasteiger charge is -2.05. The molecule has 2 heterocycles. The van der Waals surface area contributed by atoms with E-state index in [0.29, 0.717) is 21.7 Å². The first-order valence-electron chi connectivity index (χ1n) is 5.90. The third-order valence-electron chi connectivity index (χ3n) is 2.69. The van der Waals surface area contributed by atoms with Gasteiger partial charge in [0.25, 0.3) is 5.56 Å². The van der Waals surface area contributed by atoms with Gasteiger partial charge in [-0.25, -0.2) is 9.97 Å². The second-order valence-electron chi connectivity index (χ2n) is 4.01. The number of hydrogen-bond acceptors (Lipinski definition) is 4. The van der Waals surface area contributed by atoms with Gasteiger partial charge in [0.2, 0.25) is 5.88 Å². The van der Waals surface area contributed by atoms with Gasteiger partial charge < -0.3 is 9.72 Å². The predicted molar refractivity (Wildman–Crippen MR) is 80.5 cm³/mol. The smallest absolute Gasteiger partial charge is 0.264 e. The van der Waals surface area contributed by atoms with E-state index in [2.05, 4.69) is 15.0 Å². The van der Waals surface area contributed by atoms with E-state index in [-0.39, 0.29) is 5.56 Å². The van der Waals surface area contributed by atoms with E-state index >= 15 is 0 Å².